The Kier molecular flexibility index (Phi) is 1.65. The lowest BCUT2D eigenvalue weighted by Crippen LogP contribution is -2.44. The van der Waals surface area contributed by atoms with E-state index in [2.05, 4.69) is 10.1 Å². The predicted molar refractivity (Wildman–Crippen MR) is 32.9 cm³/mol. The number of thioether (sulfide) groups is 1. The van der Waals surface area contributed by atoms with E-state index in [-0.39, 0.29) is 11.0 Å². The maximum Gasteiger partial charge on any atom is 0.283 e. The number of carbonyl (C=O) groups excluding carboxylic acids is 1. The van der Waals surface area contributed by atoms with Crippen LogP contribution in [0.15, 0.2) is 0 Å². The first-order valence-corrected chi connectivity index (χ1v) is 3.37. The van der Waals surface area contributed by atoms with Gasteiger partial charge in [0, 0.05) is 7.11 Å². The van der Waals surface area contributed by atoms with Gasteiger partial charge in [0.1, 0.15) is 0 Å². The highest BCUT2D eigenvalue weighted by Gasteiger charge is 2.36. The lowest BCUT2D eigenvalue weighted by molar-refractivity contribution is -0.175. The summed E-state index contributed by atoms with van der Waals surface area (Å²) in [5.41, 5.74) is 0. The molecule has 0 aromatic carbocycles. The van der Waals surface area contributed by atoms with Crippen LogP contribution in [0, 0.1) is 0 Å². The van der Waals surface area contributed by atoms with Crippen LogP contribution in [0.2, 0.25) is 0 Å². The summed E-state index contributed by atoms with van der Waals surface area (Å²) in [7, 11) is 1.34. The van der Waals surface area contributed by atoms with E-state index in [4.69, 9.17) is 5.11 Å². The van der Waals surface area contributed by atoms with Gasteiger partial charge in [-0.05, 0) is 0 Å². The fraction of sp³-hybridized carbons (Fsp3) is 0.750. The van der Waals surface area contributed by atoms with Crippen LogP contribution in [0.3, 0.4) is 0 Å². The van der Waals surface area contributed by atoms with Crippen LogP contribution < -0.4 is 5.32 Å². The molecule has 1 unspecified atom stereocenters. The third-order valence-electron chi connectivity index (χ3n) is 1.03. The van der Waals surface area contributed by atoms with E-state index in [9.17, 15) is 4.79 Å². The Labute approximate surface area is 56.6 Å². The summed E-state index contributed by atoms with van der Waals surface area (Å²) >= 11 is 1.00. The van der Waals surface area contributed by atoms with E-state index in [0.717, 1.165) is 11.8 Å². The van der Waals surface area contributed by atoms with Crippen LogP contribution in [-0.2, 0) is 4.74 Å². The average Bonchev–Trinajstić information content (AvgIpc) is 2.13. The van der Waals surface area contributed by atoms with Gasteiger partial charge in [-0.3, -0.25) is 10.1 Å². The Balaban J connectivity index is 2.54. The number of amides is 1. The minimum Gasteiger partial charge on any atom is -0.348 e. The highest BCUT2D eigenvalue weighted by molar-refractivity contribution is 8.14. The van der Waals surface area contributed by atoms with Gasteiger partial charge in [-0.1, -0.05) is 11.8 Å². The van der Waals surface area contributed by atoms with Crippen molar-refractivity contribution in [2.75, 3.05) is 12.9 Å². The van der Waals surface area contributed by atoms with Crippen molar-refractivity contribution < 1.29 is 14.6 Å². The van der Waals surface area contributed by atoms with E-state index in [0.29, 0.717) is 0 Å². The van der Waals surface area contributed by atoms with Crippen molar-refractivity contribution in [3.05, 3.63) is 0 Å². The molecule has 52 valence electrons. The molecule has 0 spiro atoms. The number of methoxy groups -OCH3 is 1. The number of nitrogens with one attached hydrogen (secondary N) is 1. The molecule has 9 heavy (non-hydrogen) atoms. The molecule has 4 nitrogen and oxygen atoms in total. The molecule has 0 saturated carbocycles. The summed E-state index contributed by atoms with van der Waals surface area (Å²) < 4.78 is 4.57. The molecule has 1 atom stereocenters. The summed E-state index contributed by atoms with van der Waals surface area (Å²) in [5, 5.41) is 11.1. The quantitative estimate of drug-likeness (QED) is 0.504. The van der Waals surface area contributed by atoms with Gasteiger partial charge in [0.25, 0.3) is 11.2 Å². The van der Waals surface area contributed by atoms with Crippen molar-refractivity contribution in [2.45, 2.75) is 5.91 Å². The van der Waals surface area contributed by atoms with E-state index in [1.165, 1.54) is 7.11 Å². The second kappa shape index (κ2) is 2.17. The summed E-state index contributed by atoms with van der Waals surface area (Å²) in [6, 6.07) is 0. The number of hydrogen-bond acceptors (Lipinski definition) is 4. The van der Waals surface area contributed by atoms with Crippen molar-refractivity contribution >= 4 is 17.0 Å². The first-order chi connectivity index (χ1) is 4.16. The van der Waals surface area contributed by atoms with Gasteiger partial charge in [-0.25, -0.2) is 0 Å². The van der Waals surface area contributed by atoms with Crippen molar-refractivity contribution in [1.29, 1.82) is 0 Å². The Morgan fingerprint density at radius 3 is 2.89 bits per heavy atom. The van der Waals surface area contributed by atoms with E-state index < -0.39 is 5.91 Å². The van der Waals surface area contributed by atoms with Crippen LogP contribution in [-0.4, -0.2) is 29.1 Å². The van der Waals surface area contributed by atoms with Crippen molar-refractivity contribution in [3.8, 4) is 0 Å². The molecule has 5 heteroatoms. The Morgan fingerprint density at radius 1 is 2.00 bits per heavy atom. The van der Waals surface area contributed by atoms with Gasteiger partial charge in [-0.2, -0.15) is 0 Å². The normalized spacial score (nSPS) is 34.7. The third kappa shape index (κ3) is 1.35. The number of rotatable bonds is 1. The minimum atomic E-state index is -1.43. The summed E-state index contributed by atoms with van der Waals surface area (Å²) in [4.78, 5) is 10.4. The molecule has 1 heterocycles. The number of aliphatic hydroxyl groups is 1. The van der Waals surface area contributed by atoms with E-state index >= 15 is 0 Å². The molecule has 0 aromatic heterocycles. The van der Waals surface area contributed by atoms with Crippen LogP contribution in [0.25, 0.3) is 0 Å². The molecule has 0 aliphatic carbocycles. The zero-order chi connectivity index (χ0) is 6.91. The van der Waals surface area contributed by atoms with E-state index in [1.807, 2.05) is 0 Å². The molecular formula is C4H7NO3S. The molecule has 0 aromatic rings. The second-order valence-corrected chi connectivity index (χ2v) is 2.64. The highest BCUT2D eigenvalue weighted by atomic mass is 32.2. The van der Waals surface area contributed by atoms with Gasteiger partial charge >= 0.3 is 0 Å². The molecule has 2 N–H and O–H groups in total. The molecule has 1 aliphatic rings. The molecule has 1 fully saturated rings. The maximum absolute atomic E-state index is 10.4. The monoisotopic (exact) mass is 149 g/mol. The van der Waals surface area contributed by atoms with Gasteiger partial charge < -0.3 is 9.84 Å². The molecule has 1 saturated heterocycles. The second-order valence-electron chi connectivity index (χ2n) is 1.69. The predicted octanol–water partition coefficient (Wildman–Crippen LogP) is -0.265. The SMILES string of the molecule is COC1(O)CSC(=O)N1. The fourth-order valence-electron chi connectivity index (χ4n) is 0.505. The fourth-order valence-corrected chi connectivity index (χ4v) is 1.25. The first-order valence-electron chi connectivity index (χ1n) is 2.39. The van der Waals surface area contributed by atoms with E-state index in [1.54, 1.807) is 0 Å². The smallest absolute Gasteiger partial charge is 0.283 e. The lowest BCUT2D eigenvalue weighted by Gasteiger charge is -2.17. The standard InChI is InChI=1S/C4H7NO3S/c1-8-4(7)2-9-3(6)5-4/h7H,2H2,1H3,(H,5,6). The average molecular weight is 149 g/mol. The number of ether oxygens (including phenoxy) is 1. The first kappa shape index (κ1) is 6.85. The zero-order valence-electron chi connectivity index (χ0n) is 4.88. The molecule has 1 aliphatic heterocycles. The lowest BCUT2D eigenvalue weighted by atomic mass is 10.6. The summed E-state index contributed by atoms with van der Waals surface area (Å²) in [6.07, 6.45) is 0. The number of carbonyl (C=O) groups is 1. The molecule has 0 radical (unpaired) electrons. The summed E-state index contributed by atoms with van der Waals surface area (Å²) in [6.45, 7) is 0. The van der Waals surface area contributed by atoms with Crippen molar-refractivity contribution in [2.24, 2.45) is 0 Å². The van der Waals surface area contributed by atoms with Gasteiger partial charge in [0.15, 0.2) is 0 Å². The van der Waals surface area contributed by atoms with Gasteiger partial charge in [0.05, 0.1) is 5.75 Å². The Bertz CT molecular complexity index is 140. The largest absolute Gasteiger partial charge is 0.348 e. The summed E-state index contributed by atoms with van der Waals surface area (Å²) in [5.74, 6) is -1.18. The van der Waals surface area contributed by atoms with Crippen LogP contribution >= 0.6 is 11.8 Å². The third-order valence-corrected chi connectivity index (χ3v) is 1.93. The van der Waals surface area contributed by atoms with Crippen LogP contribution in [0.4, 0.5) is 4.79 Å². The minimum absolute atomic E-state index is 0.251. The van der Waals surface area contributed by atoms with Crippen molar-refractivity contribution in [1.82, 2.24) is 5.32 Å². The number of hydrogen-bond donors (Lipinski definition) is 2. The zero-order valence-corrected chi connectivity index (χ0v) is 5.70. The van der Waals surface area contributed by atoms with Gasteiger partial charge in [-0.15, -0.1) is 0 Å². The van der Waals surface area contributed by atoms with Crippen LogP contribution in [0.5, 0.6) is 0 Å². The molecule has 1 amide bonds. The molecule has 1 rings (SSSR count). The van der Waals surface area contributed by atoms with Crippen LogP contribution in [0.1, 0.15) is 0 Å². The Hall–Kier alpha value is -0.260. The highest BCUT2D eigenvalue weighted by Crippen LogP contribution is 2.20. The maximum atomic E-state index is 10.4. The van der Waals surface area contributed by atoms with Crippen molar-refractivity contribution in [3.63, 3.8) is 0 Å². The topological polar surface area (TPSA) is 58.6 Å². The molecule has 0 bridgehead atoms. The molecular weight excluding hydrogens is 142 g/mol. The van der Waals surface area contributed by atoms with Gasteiger partial charge in [0.2, 0.25) is 0 Å². The Morgan fingerprint density at radius 2 is 2.67 bits per heavy atom.